The highest BCUT2D eigenvalue weighted by molar-refractivity contribution is 7.03. The van der Waals surface area contributed by atoms with E-state index < -0.39 is 8.07 Å². The van der Waals surface area contributed by atoms with Crippen molar-refractivity contribution in [2.45, 2.75) is 19.0 Å². The van der Waals surface area contributed by atoms with Crippen molar-refractivity contribution in [1.82, 2.24) is 4.90 Å². The first kappa shape index (κ1) is 16.1. The van der Waals surface area contributed by atoms with Gasteiger partial charge in [-0.25, -0.2) is 4.99 Å². The molecule has 0 bridgehead atoms. The number of aliphatic imine (C=N–C) groups is 1. The molecule has 2 aromatic carbocycles. The molecule has 0 radical (unpaired) electrons. The normalized spacial score (nSPS) is 21.6. The number of nitrogens with zero attached hydrogens (tertiary/aromatic N) is 2. The van der Waals surface area contributed by atoms with Crippen molar-refractivity contribution in [1.29, 1.82) is 0 Å². The monoisotopic (exact) mass is 350 g/mol. The van der Waals surface area contributed by atoms with Crippen molar-refractivity contribution in [3.05, 3.63) is 60.7 Å². The van der Waals surface area contributed by atoms with Gasteiger partial charge in [-0.3, -0.25) is 4.79 Å². The molecule has 4 nitrogen and oxygen atoms in total. The lowest BCUT2D eigenvalue weighted by molar-refractivity contribution is -0.130. The number of benzene rings is 2. The fourth-order valence-electron chi connectivity index (χ4n) is 4.12. The van der Waals surface area contributed by atoms with Crippen molar-refractivity contribution in [3.63, 3.8) is 0 Å². The van der Waals surface area contributed by atoms with Crippen LogP contribution in [0.4, 0.5) is 0 Å². The number of carbonyl (C=O) groups excluding carboxylic acids is 1. The van der Waals surface area contributed by atoms with Gasteiger partial charge in [0.2, 0.25) is 11.8 Å². The molecule has 1 amide bonds. The molecule has 0 aliphatic carbocycles. The highest BCUT2D eigenvalue weighted by atomic mass is 28.3. The average molecular weight is 350 g/mol. The number of fused-ring (bicyclic) bond motifs is 1. The SMILES string of the molecule is CCOC1=NCC(=O)N2C[Si](c3ccccc3)(c3ccccc3)C[C@H]12. The molecule has 0 saturated carbocycles. The minimum atomic E-state index is -2.08. The molecule has 1 fully saturated rings. The Morgan fingerprint density at radius 2 is 1.68 bits per heavy atom. The third-order valence-corrected chi connectivity index (χ3v) is 10.1. The Morgan fingerprint density at radius 3 is 2.24 bits per heavy atom. The molecule has 5 heteroatoms. The molecule has 2 aliphatic rings. The topological polar surface area (TPSA) is 41.9 Å². The zero-order chi connectivity index (χ0) is 17.3. The Kier molecular flexibility index (Phi) is 4.17. The van der Waals surface area contributed by atoms with Crippen LogP contribution in [0, 0.1) is 0 Å². The van der Waals surface area contributed by atoms with E-state index in [4.69, 9.17) is 4.74 Å². The summed E-state index contributed by atoms with van der Waals surface area (Å²) in [5, 5.41) is 2.75. The third kappa shape index (κ3) is 2.68. The van der Waals surface area contributed by atoms with Gasteiger partial charge in [-0.05, 0) is 13.0 Å². The Bertz CT molecular complexity index is 752. The summed E-state index contributed by atoms with van der Waals surface area (Å²) in [5.74, 6) is 0.859. The summed E-state index contributed by atoms with van der Waals surface area (Å²) in [4.78, 5) is 19.0. The zero-order valence-corrected chi connectivity index (χ0v) is 15.4. The summed E-state index contributed by atoms with van der Waals surface area (Å²) in [6, 6.07) is 22.3. The summed E-state index contributed by atoms with van der Waals surface area (Å²) >= 11 is 0. The number of rotatable bonds is 3. The van der Waals surface area contributed by atoms with Crippen molar-refractivity contribution in [2.75, 3.05) is 19.3 Å². The molecule has 128 valence electrons. The van der Waals surface area contributed by atoms with E-state index in [1.165, 1.54) is 10.4 Å². The van der Waals surface area contributed by atoms with E-state index in [1.807, 2.05) is 11.8 Å². The molecule has 0 aromatic heterocycles. The molecule has 4 rings (SSSR count). The lowest BCUT2D eigenvalue weighted by Gasteiger charge is -2.29. The van der Waals surface area contributed by atoms with Gasteiger partial charge < -0.3 is 9.64 Å². The van der Waals surface area contributed by atoms with Gasteiger partial charge in [0.05, 0.1) is 6.61 Å². The molecule has 0 spiro atoms. The first-order valence-electron chi connectivity index (χ1n) is 8.82. The minimum Gasteiger partial charge on any atom is -0.480 e. The summed E-state index contributed by atoms with van der Waals surface area (Å²) in [5.41, 5.74) is 0. The van der Waals surface area contributed by atoms with Crippen LogP contribution < -0.4 is 10.4 Å². The smallest absolute Gasteiger partial charge is 0.244 e. The standard InChI is InChI=1S/C20H22N2O2Si/c1-2-24-20-18-14-25(16-9-5-3-6-10-16,17-11-7-4-8-12-17)15-22(18)19(23)13-21-20/h3-12,18H,2,13-15H2,1H3/t18-/m1/s1. The predicted octanol–water partition coefficient (Wildman–Crippen LogP) is 1.45. The van der Waals surface area contributed by atoms with E-state index in [0.29, 0.717) is 6.61 Å². The van der Waals surface area contributed by atoms with Gasteiger partial charge in [0.1, 0.15) is 20.7 Å². The minimum absolute atomic E-state index is 0.0201. The van der Waals surface area contributed by atoms with Crippen molar-refractivity contribution < 1.29 is 9.53 Å². The average Bonchev–Trinajstić information content (AvgIpc) is 3.09. The lowest BCUT2D eigenvalue weighted by atomic mass is 10.2. The van der Waals surface area contributed by atoms with Crippen LogP contribution in [0.15, 0.2) is 65.7 Å². The number of ether oxygens (including phenoxy) is 1. The zero-order valence-electron chi connectivity index (χ0n) is 14.4. The molecule has 0 unspecified atom stereocenters. The number of carbonyl (C=O) groups is 1. The number of hydrogen-bond acceptors (Lipinski definition) is 3. The summed E-state index contributed by atoms with van der Waals surface area (Å²) < 4.78 is 5.79. The van der Waals surface area contributed by atoms with Crippen molar-refractivity contribution in [3.8, 4) is 0 Å². The third-order valence-electron chi connectivity index (χ3n) is 5.28. The Labute approximate surface area is 149 Å². The van der Waals surface area contributed by atoms with Crippen LogP contribution in [0.3, 0.4) is 0 Å². The van der Waals surface area contributed by atoms with E-state index in [0.717, 1.165) is 18.1 Å². The second-order valence-electron chi connectivity index (χ2n) is 6.64. The first-order valence-corrected chi connectivity index (χ1v) is 11.2. The highest BCUT2D eigenvalue weighted by Gasteiger charge is 2.53. The molecule has 1 saturated heterocycles. The Hall–Kier alpha value is -2.40. The Morgan fingerprint density at radius 1 is 1.08 bits per heavy atom. The van der Waals surface area contributed by atoms with Crippen LogP contribution in [-0.4, -0.2) is 50.1 Å². The van der Waals surface area contributed by atoms with Crippen LogP contribution in [0.5, 0.6) is 0 Å². The lowest BCUT2D eigenvalue weighted by Crippen LogP contribution is -2.60. The van der Waals surface area contributed by atoms with Gasteiger partial charge in [-0.2, -0.15) is 0 Å². The van der Waals surface area contributed by atoms with Gasteiger partial charge >= 0.3 is 0 Å². The molecule has 2 heterocycles. The maximum atomic E-state index is 12.6. The highest BCUT2D eigenvalue weighted by Crippen LogP contribution is 2.30. The van der Waals surface area contributed by atoms with Crippen molar-refractivity contribution in [2.24, 2.45) is 4.99 Å². The molecule has 2 aromatic rings. The van der Waals surface area contributed by atoms with Crippen LogP contribution in [0.1, 0.15) is 6.92 Å². The fraction of sp³-hybridized carbons (Fsp3) is 0.300. The molecule has 25 heavy (non-hydrogen) atoms. The largest absolute Gasteiger partial charge is 0.480 e. The predicted molar refractivity (Wildman–Crippen MR) is 102 cm³/mol. The molecule has 0 N–H and O–H groups in total. The van der Waals surface area contributed by atoms with Crippen molar-refractivity contribution >= 4 is 30.3 Å². The van der Waals surface area contributed by atoms with Gasteiger partial charge in [0, 0.05) is 6.17 Å². The maximum absolute atomic E-state index is 12.6. The van der Waals surface area contributed by atoms with Crippen LogP contribution in [0.25, 0.3) is 0 Å². The van der Waals surface area contributed by atoms with Crippen LogP contribution >= 0.6 is 0 Å². The van der Waals surface area contributed by atoms with Crippen LogP contribution in [0.2, 0.25) is 6.04 Å². The van der Waals surface area contributed by atoms with E-state index >= 15 is 0 Å². The van der Waals surface area contributed by atoms with Crippen LogP contribution in [-0.2, 0) is 9.53 Å². The quantitative estimate of drug-likeness (QED) is 0.786. The molecular formula is C20H22N2O2Si. The molecule has 1 atom stereocenters. The second-order valence-corrected chi connectivity index (χ2v) is 10.7. The van der Waals surface area contributed by atoms with Gasteiger partial charge in [-0.15, -0.1) is 0 Å². The number of amides is 1. The first-order chi connectivity index (χ1) is 12.2. The van der Waals surface area contributed by atoms with E-state index in [2.05, 4.69) is 65.7 Å². The summed E-state index contributed by atoms with van der Waals surface area (Å²) in [6.45, 7) is 2.76. The summed E-state index contributed by atoms with van der Waals surface area (Å²) in [7, 11) is -2.08. The second kappa shape index (κ2) is 6.48. The van der Waals surface area contributed by atoms with Gasteiger partial charge in [-0.1, -0.05) is 71.0 Å². The summed E-state index contributed by atoms with van der Waals surface area (Å²) in [6.07, 6.45) is 0.802. The fourth-order valence-corrected chi connectivity index (χ4v) is 9.11. The molecular weight excluding hydrogens is 328 g/mol. The van der Waals surface area contributed by atoms with E-state index in [1.54, 1.807) is 0 Å². The Balaban J connectivity index is 1.82. The van der Waals surface area contributed by atoms with E-state index in [-0.39, 0.29) is 18.5 Å². The number of hydrogen-bond donors (Lipinski definition) is 0. The maximum Gasteiger partial charge on any atom is 0.244 e. The molecule has 2 aliphatic heterocycles. The van der Waals surface area contributed by atoms with Gasteiger partial charge in [0.25, 0.3) is 0 Å². The van der Waals surface area contributed by atoms with E-state index in [9.17, 15) is 4.79 Å². The van der Waals surface area contributed by atoms with Gasteiger partial charge in [0.15, 0.2) is 0 Å².